The van der Waals surface area contributed by atoms with Crippen molar-refractivity contribution in [3.63, 3.8) is 0 Å². The summed E-state index contributed by atoms with van der Waals surface area (Å²) < 4.78 is 6.98. The van der Waals surface area contributed by atoms with E-state index in [2.05, 4.69) is 56.1 Å². The number of methoxy groups -OCH3 is 1. The molecule has 2 unspecified atom stereocenters. The SMILES string of the molecule is COc1ccc(CN2C3CC2CN(c2cnc(-c4cc(C5=CCN(C)C5)cn5ncc(C#N)c45)cn2)C3)cn1. The second kappa shape index (κ2) is 9.45. The van der Waals surface area contributed by atoms with E-state index in [1.807, 2.05) is 30.9 Å². The van der Waals surface area contributed by atoms with Gasteiger partial charge in [-0.3, -0.25) is 14.8 Å². The highest BCUT2D eigenvalue weighted by molar-refractivity contribution is 5.85. The average Bonchev–Trinajstić information content (AvgIpc) is 3.62. The number of nitrogens with zero attached hydrogens (tertiary/aromatic N) is 9. The molecule has 0 saturated carbocycles. The van der Waals surface area contributed by atoms with Crippen LogP contribution in [0.4, 0.5) is 5.82 Å². The number of hydrogen-bond acceptors (Lipinski definition) is 9. The van der Waals surface area contributed by atoms with Crippen LogP contribution in [0.5, 0.6) is 5.88 Å². The lowest BCUT2D eigenvalue weighted by molar-refractivity contribution is -0.00879. The highest BCUT2D eigenvalue weighted by atomic mass is 16.5. The van der Waals surface area contributed by atoms with Gasteiger partial charge in [-0.2, -0.15) is 10.4 Å². The highest BCUT2D eigenvalue weighted by Gasteiger charge is 2.44. The van der Waals surface area contributed by atoms with Crippen molar-refractivity contribution < 1.29 is 4.74 Å². The lowest BCUT2D eigenvalue weighted by Crippen LogP contribution is -2.68. The van der Waals surface area contributed by atoms with Gasteiger partial charge in [-0.1, -0.05) is 12.1 Å². The molecule has 0 radical (unpaired) electrons. The number of ether oxygens (including phenoxy) is 1. The second-order valence-corrected chi connectivity index (χ2v) is 10.6. The summed E-state index contributed by atoms with van der Waals surface area (Å²) in [4.78, 5) is 21.2. The number of piperazine rings is 1. The molecule has 0 aromatic carbocycles. The van der Waals surface area contributed by atoms with Gasteiger partial charge in [0.25, 0.3) is 0 Å². The summed E-state index contributed by atoms with van der Waals surface area (Å²) in [6.07, 6.45) is 12.7. The Balaban J connectivity index is 1.11. The Morgan fingerprint density at radius 2 is 1.95 bits per heavy atom. The van der Waals surface area contributed by atoms with Crippen LogP contribution < -0.4 is 9.64 Å². The van der Waals surface area contributed by atoms with Gasteiger partial charge in [0, 0.05) is 68.8 Å². The molecule has 0 amide bonds. The van der Waals surface area contributed by atoms with Gasteiger partial charge in [0.15, 0.2) is 0 Å². The van der Waals surface area contributed by atoms with Crippen molar-refractivity contribution in [1.82, 2.24) is 34.4 Å². The number of piperidine rings is 1. The first-order valence-electron chi connectivity index (χ1n) is 13.2. The van der Waals surface area contributed by atoms with Crippen LogP contribution in [0, 0.1) is 11.3 Å². The summed E-state index contributed by atoms with van der Waals surface area (Å²) in [7, 11) is 3.74. The van der Waals surface area contributed by atoms with Gasteiger partial charge >= 0.3 is 0 Å². The van der Waals surface area contributed by atoms with Crippen LogP contribution in [-0.4, -0.2) is 86.8 Å². The minimum Gasteiger partial charge on any atom is -0.481 e. The minimum absolute atomic E-state index is 0.492. The van der Waals surface area contributed by atoms with Crippen molar-refractivity contribution in [2.75, 3.05) is 45.2 Å². The zero-order valence-electron chi connectivity index (χ0n) is 22.0. The van der Waals surface area contributed by atoms with Gasteiger partial charge in [-0.25, -0.2) is 14.5 Å². The van der Waals surface area contributed by atoms with E-state index in [0.717, 1.165) is 60.9 Å². The predicted octanol–water partition coefficient (Wildman–Crippen LogP) is 2.86. The maximum absolute atomic E-state index is 9.72. The molecule has 4 aliphatic rings. The average molecular weight is 520 g/mol. The molecular formula is C29H29N9O. The van der Waals surface area contributed by atoms with Crippen molar-refractivity contribution in [3.05, 3.63) is 71.9 Å². The smallest absolute Gasteiger partial charge is 0.212 e. The van der Waals surface area contributed by atoms with Crippen LogP contribution in [0.2, 0.25) is 0 Å². The summed E-state index contributed by atoms with van der Waals surface area (Å²) in [6.45, 7) is 4.56. The summed E-state index contributed by atoms with van der Waals surface area (Å²) in [6, 6.07) is 9.39. The number of anilines is 1. The Bertz CT molecular complexity index is 1590. The molecule has 8 rings (SSSR count). The molecule has 4 aromatic heterocycles. The van der Waals surface area contributed by atoms with Crippen LogP contribution >= 0.6 is 0 Å². The van der Waals surface area contributed by atoms with E-state index in [0.29, 0.717) is 23.5 Å². The first-order valence-corrected chi connectivity index (χ1v) is 13.2. The van der Waals surface area contributed by atoms with Crippen LogP contribution in [-0.2, 0) is 6.54 Å². The third-order valence-electron chi connectivity index (χ3n) is 8.15. The van der Waals surface area contributed by atoms with Crippen molar-refractivity contribution in [3.8, 4) is 23.2 Å². The van der Waals surface area contributed by atoms with E-state index in [1.54, 1.807) is 17.8 Å². The summed E-state index contributed by atoms with van der Waals surface area (Å²) in [5, 5.41) is 14.2. The van der Waals surface area contributed by atoms with E-state index in [1.165, 1.54) is 17.6 Å². The van der Waals surface area contributed by atoms with Gasteiger partial charge in [-0.05, 0) is 36.2 Å². The lowest BCUT2D eigenvalue weighted by Gasteiger charge is -2.56. The number of aromatic nitrogens is 5. The van der Waals surface area contributed by atoms with Gasteiger partial charge < -0.3 is 9.64 Å². The molecule has 4 aliphatic heterocycles. The van der Waals surface area contributed by atoms with E-state index >= 15 is 0 Å². The fourth-order valence-electron chi connectivity index (χ4n) is 6.06. The molecule has 0 aliphatic carbocycles. The number of pyridine rings is 2. The van der Waals surface area contributed by atoms with Crippen molar-refractivity contribution in [1.29, 1.82) is 5.26 Å². The molecule has 0 spiro atoms. The van der Waals surface area contributed by atoms with Gasteiger partial charge in [0.2, 0.25) is 5.88 Å². The van der Waals surface area contributed by atoms with Crippen molar-refractivity contribution in [2.45, 2.75) is 25.0 Å². The lowest BCUT2D eigenvalue weighted by atomic mass is 9.87. The number of fused-ring (bicyclic) bond motifs is 3. The molecule has 10 nitrogen and oxygen atoms in total. The zero-order chi connectivity index (χ0) is 26.5. The minimum atomic E-state index is 0.492. The fraction of sp³-hybridized carbons (Fsp3) is 0.345. The van der Waals surface area contributed by atoms with Crippen molar-refractivity contribution >= 4 is 16.9 Å². The van der Waals surface area contributed by atoms with Gasteiger partial charge in [0.05, 0.1) is 42.5 Å². The molecule has 8 heterocycles. The van der Waals surface area contributed by atoms with Crippen molar-refractivity contribution in [2.24, 2.45) is 0 Å². The van der Waals surface area contributed by atoms with Crippen LogP contribution in [0.25, 0.3) is 22.3 Å². The Labute approximate surface area is 226 Å². The molecule has 4 aromatic rings. The standard InChI is InChI=1S/C29H29N9O/c1-35-6-5-20(15-35)21-7-25(29-22(9-30)11-34-38(29)16-21)26-12-32-27(13-31-26)36-17-23-8-24(18-36)37(23)14-19-3-4-28(39-2)33-10-19/h3-5,7,10-13,16,23-24H,6,8,14-15,17-18H2,1-2H3. The first-order chi connectivity index (χ1) is 19.1. The van der Waals surface area contributed by atoms with Gasteiger partial charge in [0.1, 0.15) is 11.9 Å². The number of nitriles is 1. The monoisotopic (exact) mass is 519 g/mol. The summed E-state index contributed by atoms with van der Waals surface area (Å²) >= 11 is 0. The molecule has 2 bridgehead atoms. The van der Waals surface area contributed by atoms with Gasteiger partial charge in [-0.15, -0.1) is 0 Å². The third kappa shape index (κ3) is 4.20. The number of hydrogen-bond donors (Lipinski definition) is 0. The maximum Gasteiger partial charge on any atom is 0.212 e. The van der Waals surface area contributed by atoms with E-state index in [-0.39, 0.29) is 0 Å². The molecule has 2 atom stereocenters. The van der Waals surface area contributed by atoms with Crippen LogP contribution in [0.15, 0.2) is 55.3 Å². The Kier molecular flexibility index (Phi) is 5.76. The molecule has 0 N–H and O–H groups in total. The quantitative estimate of drug-likeness (QED) is 0.381. The Hall–Kier alpha value is -4.33. The Morgan fingerprint density at radius 1 is 1.08 bits per heavy atom. The summed E-state index contributed by atoms with van der Waals surface area (Å²) in [5.74, 6) is 1.53. The molecule has 39 heavy (non-hydrogen) atoms. The zero-order valence-corrected chi connectivity index (χ0v) is 22.0. The molecule has 10 heteroatoms. The maximum atomic E-state index is 9.72. The topological polar surface area (TPSA) is 98.7 Å². The Morgan fingerprint density at radius 3 is 2.62 bits per heavy atom. The summed E-state index contributed by atoms with van der Waals surface area (Å²) in [5.41, 5.74) is 6.45. The highest BCUT2D eigenvalue weighted by Crippen LogP contribution is 2.36. The predicted molar refractivity (Wildman–Crippen MR) is 147 cm³/mol. The molecule has 196 valence electrons. The van der Waals surface area contributed by atoms with Crippen LogP contribution in [0.1, 0.15) is 23.1 Å². The number of likely N-dealkylation sites (N-methyl/N-ethyl adjacent to an activating group) is 1. The normalized spacial score (nSPS) is 21.1. The molecular weight excluding hydrogens is 490 g/mol. The molecule has 3 fully saturated rings. The number of rotatable bonds is 6. The van der Waals surface area contributed by atoms with E-state index in [4.69, 9.17) is 14.7 Å². The largest absolute Gasteiger partial charge is 0.481 e. The van der Waals surface area contributed by atoms with E-state index < -0.39 is 0 Å². The fourth-order valence-corrected chi connectivity index (χ4v) is 6.06. The third-order valence-corrected chi connectivity index (χ3v) is 8.15. The van der Waals surface area contributed by atoms with E-state index in [9.17, 15) is 5.26 Å². The second-order valence-electron chi connectivity index (χ2n) is 10.6. The van der Waals surface area contributed by atoms with Crippen LogP contribution in [0.3, 0.4) is 0 Å². The first kappa shape index (κ1) is 23.8. The molecule has 3 saturated heterocycles.